The van der Waals surface area contributed by atoms with Crippen LogP contribution >= 0.6 is 0 Å². The molecule has 0 aromatic rings. The maximum Gasteiger partial charge on any atom is 0.305 e. The minimum atomic E-state index is -0.0229. The van der Waals surface area contributed by atoms with Gasteiger partial charge >= 0.3 is 5.97 Å². The van der Waals surface area contributed by atoms with E-state index in [-0.39, 0.29) is 12.6 Å². The van der Waals surface area contributed by atoms with Gasteiger partial charge in [-0.25, -0.2) is 0 Å². The van der Waals surface area contributed by atoms with Crippen LogP contribution in [-0.2, 0) is 9.53 Å². The van der Waals surface area contributed by atoms with Gasteiger partial charge in [-0.2, -0.15) is 5.06 Å². The van der Waals surface area contributed by atoms with Crippen LogP contribution in [0, 0.1) is 0 Å². The van der Waals surface area contributed by atoms with E-state index in [1.165, 1.54) is 178 Å². The first kappa shape index (κ1) is 54.8. The average Bonchev–Trinajstić information content (AvgIpc) is 3.20. The molecule has 6 nitrogen and oxygen atoms in total. The van der Waals surface area contributed by atoms with Crippen molar-refractivity contribution in [3.8, 4) is 0 Å². The number of carbonyl (C=O) groups is 1. The third-order valence-electron chi connectivity index (χ3n) is 11.3. The van der Waals surface area contributed by atoms with Crippen LogP contribution in [0.2, 0.25) is 0 Å². The van der Waals surface area contributed by atoms with E-state index in [9.17, 15) is 15.1 Å². The normalized spacial score (nSPS) is 12.0. The molecule has 332 valence electrons. The summed E-state index contributed by atoms with van der Waals surface area (Å²) >= 11 is 0. The van der Waals surface area contributed by atoms with E-state index in [2.05, 4.69) is 43.1 Å². The lowest BCUT2D eigenvalue weighted by atomic mass is 10.1. The first-order valence-corrected chi connectivity index (χ1v) is 24.9. The lowest BCUT2D eigenvalue weighted by molar-refractivity contribution is -0.143. The molecule has 0 amide bonds. The Bertz CT molecular complexity index is 819. The van der Waals surface area contributed by atoms with Crippen molar-refractivity contribution < 1.29 is 19.8 Å². The predicted molar refractivity (Wildman–Crippen MR) is 244 cm³/mol. The molecule has 0 unspecified atom stereocenters. The Labute approximate surface area is 350 Å². The topological polar surface area (TPSA) is 73.2 Å². The molecule has 0 bridgehead atoms. The van der Waals surface area contributed by atoms with Gasteiger partial charge in [-0.15, -0.1) is 0 Å². The first-order chi connectivity index (χ1) is 27.6. The van der Waals surface area contributed by atoms with E-state index in [0.29, 0.717) is 13.0 Å². The summed E-state index contributed by atoms with van der Waals surface area (Å²) in [5, 5.41) is 21.2. The fourth-order valence-electron chi connectivity index (χ4n) is 7.53. The van der Waals surface area contributed by atoms with E-state index >= 15 is 0 Å². The van der Waals surface area contributed by atoms with Crippen molar-refractivity contribution in [1.29, 1.82) is 0 Å². The summed E-state index contributed by atoms with van der Waals surface area (Å²) < 4.78 is 5.47. The Morgan fingerprint density at radius 1 is 0.446 bits per heavy atom. The summed E-state index contributed by atoms with van der Waals surface area (Å²) in [7, 11) is 0. The lowest BCUT2D eigenvalue weighted by Crippen LogP contribution is -2.29. The molecule has 0 atom stereocenters. The molecule has 2 N–H and O–H groups in total. The monoisotopic (exact) mass is 791 g/mol. The Kier molecular flexibility index (Phi) is 47.1. The van der Waals surface area contributed by atoms with Crippen LogP contribution in [0.1, 0.15) is 245 Å². The number of hydrogen-bond donors (Lipinski definition) is 2. The zero-order valence-corrected chi connectivity index (χ0v) is 37.8. The number of hydroxylamine groups is 2. The second kappa shape index (κ2) is 48.2. The van der Waals surface area contributed by atoms with Crippen molar-refractivity contribution in [2.75, 3.05) is 45.9 Å². The average molecular weight is 791 g/mol. The molecule has 0 fully saturated rings. The molecule has 0 aromatic carbocycles. The van der Waals surface area contributed by atoms with Gasteiger partial charge in [0.25, 0.3) is 0 Å². The van der Waals surface area contributed by atoms with Gasteiger partial charge in [0.2, 0.25) is 0 Å². The molecule has 0 aliphatic rings. The zero-order chi connectivity index (χ0) is 40.7. The number of aliphatic hydroxyl groups excluding tert-OH is 1. The van der Waals surface area contributed by atoms with Crippen molar-refractivity contribution in [3.63, 3.8) is 0 Å². The number of ether oxygens (including phenoxy) is 1. The molecule has 0 saturated carbocycles. The van der Waals surface area contributed by atoms with Gasteiger partial charge in [-0.1, -0.05) is 199 Å². The van der Waals surface area contributed by atoms with Gasteiger partial charge in [0.05, 0.1) is 13.2 Å². The number of hydrogen-bond acceptors (Lipinski definition) is 6. The summed E-state index contributed by atoms with van der Waals surface area (Å²) in [6.07, 6.45) is 53.4. The summed E-state index contributed by atoms with van der Waals surface area (Å²) in [4.78, 5) is 14.6. The molecule has 0 aromatic heterocycles. The summed E-state index contributed by atoms with van der Waals surface area (Å²) in [6, 6.07) is 0. The summed E-state index contributed by atoms with van der Waals surface area (Å²) in [6.45, 7) is 10.0. The molecule has 0 spiro atoms. The Morgan fingerprint density at radius 3 is 1.32 bits per heavy atom. The highest BCUT2D eigenvalue weighted by molar-refractivity contribution is 5.69. The van der Waals surface area contributed by atoms with Crippen molar-refractivity contribution in [1.82, 2.24) is 9.96 Å². The molecule has 0 aliphatic heterocycles. The number of nitrogens with zero attached hydrogens (tertiary/aromatic N) is 2. The third kappa shape index (κ3) is 45.5. The Morgan fingerprint density at radius 2 is 0.839 bits per heavy atom. The van der Waals surface area contributed by atoms with Gasteiger partial charge < -0.3 is 20.0 Å². The molecule has 56 heavy (non-hydrogen) atoms. The number of allylic oxidation sites excluding steroid dienone is 4. The van der Waals surface area contributed by atoms with Gasteiger partial charge in [0.1, 0.15) is 0 Å². The number of carbonyl (C=O) groups excluding carboxylic acids is 1. The van der Waals surface area contributed by atoms with Crippen LogP contribution in [0.25, 0.3) is 0 Å². The second-order valence-corrected chi connectivity index (χ2v) is 16.9. The van der Waals surface area contributed by atoms with Gasteiger partial charge in [0, 0.05) is 26.1 Å². The standard InChI is InChI=1S/C50H98N2O4/c1-3-5-7-9-11-13-15-16-17-18-23-27-33-39-45-52(55)46-40-34-28-29-35-41-49-56-50(54)42-36-30-24-20-19-22-26-32-38-44-51(47-48-53)43-37-31-25-21-14-12-10-8-6-4-2/h9,11,15-16,53,55H,3-8,10,12-14,17-49H2,1-2H3/b11-9-,16-15-. The number of esters is 1. The second-order valence-electron chi connectivity index (χ2n) is 16.9. The predicted octanol–water partition coefficient (Wildman–Crippen LogP) is 14.7. The minimum absolute atomic E-state index is 0.0229. The van der Waals surface area contributed by atoms with Gasteiger partial charge in [0.15, 0.2) is 0 Å². The lowest BCUT2D eigenvalue weighted by Gasteiger charge is -2.21. The van der Waals surface area contributed by atoms with E-state index in [1.807, 2.05) is 0 Å². The van der Waals surface area contributed by atoms with Crippen LogP contribution in [0.4, 0.5) is 0 Å². The Hall–Kier alpha value is -1.21. The number of unbranched alkanes of at least 4 members (excludes halogenated alkanes) is 29. The van der Waals surface area contributed by atoms with Crippen LogP contribution < -0.4 is 0 Å². The Balaban J connectivity index is 3.42. The van der Waals surface area contributed by atoms with Crippen LogP contribution in [-0.4, -0.2) is 72.2 Å². The van der Waals surface area contributed by atoms with Crippen LogP contribution in [0.15, 0.2) is 24.3 Å². The molecular weight excluding hydrogens is 693 g/mol. The fourth-order valence-corrected chi connectivity index (χ4v) is 7.53. The molecule has 0 saturated heterocycles. The fraction of sp³-hybridized carbons (Fsp3) is 0.900. The largest absolute Gasteiger partial charge is 0.466 e. The van der Waals surface area contributed by atoms with Gasteiger partial charge in [-0.3, -0.25) is 4.79 Å². The summed E-state index contributed by atoms with van der Waals surface area (Å²) in [5.74, 6) is -0.0229. The van der Waals surface area contributed by atoms with Crippen molar-refractivity contribution in [3.05, 3.63) is 24.3 Å². The molecular formula is C50H98N2O4. The molecule has 0 radical (unpaired) electrons. The maximum atomic E-state index is 12.1. The number of aliphatic hydroxyl groups is 1. The van der Waals surface area contributed by atoms with E-state index in [0.717, 1.165) is 84.1 Å². The minimum Gasteiger partial charge on any atom is -0.466 e. The van der Waals surface area contributed by atoms with Crippen LogP contribution in [0.3, 0.4) is 0 Å². The smallest absolute Gasteiger partial charge is 0.305 e. The highest BCUT2D eigenvalue weighted by Crippen LogP contribution is 2.14. The molecule has 0 heterocycles. The molecule has 0 aliphatic carbocycles. The highest BCUT2D eigenvalue weighted by Gasteiger charge is 2.06. The maximum absolute atomic E-state index is 12.1. The van der Waals surface area contributed by atoms with Crippen molar-refractivity contribution in [2.24, 2.45) is 0 Å². The molecule has 0 rings (SSSR count). The molecule has 6 heteroatoms. The van der Waals surface area contributed by atoms with Crippen molar-refractivity contribution in [2.45, 2.75) is 245 Å². The van der Waals surface area contributed by atoms with E-state index in [1.54, 1.807) is 0 Å². The zero-order valence-electron chi connectivity index (χ0n) is 37.8. The van der Waals surface area contributed by atoms with E-state index < -0.39 is 0 Å². The first-order valence-electron chi connectivity index (χ1n) is 24.9. The third-order valence-corrected chi connectivity index (χ3v) is 11.3. The summed E-state index contributed by atoms with van der Waals surface area (Å²) in [5.41, 5.74) is 0. The van der Waals surface area contributed by atoms with Crippen molar-refractivity contribution >= 4 is 5.97 Å². The number of rotatable bonds is 47. The van der Waals surface area contributed by atoms with E-state index in [4.69, 9.17) is 4.74 Å². The highest BCUT2D eigenvalue weighted by atomic mass is 16.5. The SMILES string of the molecule is CCCC/C=C\C/C=C\CCCCCCCN(O)CCCCCCCCOC(=O)CCCCCCCCCCCN(CCO)CCCCCCCCCCCC. The van der Waals surface area contributed by atoms with Crippen LogP contribution in [0.5, 0.6) is 0 Å². The quantitative estimate of drug-likeness (QED) is 0.0277. The van der Waals surface area contributed by atoms with Gasteiger partial charge in [-0.05, 0) is 77.3 Å².